The lowest BCUT2D eigenvalue weighted by molar-refractivity contribution is -0.392. The third kappa shape index (κ3) is 4.04. The molecule has 2 heterocycles. The molecule has 4 aliphatic carbocycles. The monoisotopic (exact) mass is 558 g/mol. The zero-order valence-electron chi connectivity index (χ0n) is 24.6. The Morgan fingerprint density at radius 3 is 2.59 bits per heavy atom. The molecule has 7 heteroatoms. The Balaban J connectivity index is 1.27. The summed E-state index contributed by atoms with van der Waals surface area (Å²) in [5.41, 5.74) is -0.0293. The lowest BCUT2D eigenvalue weighted by atomic mass is 9.46. The van der Waals surface area contributed by atoms with Gasteiger partial charge in [-0.15, -0.1) is 0 Å². The highest BCUT2D eigenvalue weighted by Crippen LogP contribution is 2.68. The van der Waals surface area contributed by atoms with E-state index >= 15 is 0 Å². The fourth-order valence-electron chi connectivity index (χ4n) is 9.97. The number of carbonyl (C=O) groups is 2. The van der Waals surface area contributed by atoms with Crippen molar-refractivity contribution in [1.82, 2.24) is 0 Å². The molecule has 6 rings (SSSR count). The van der Waals surface area contributed by atoms with Crippen molar-refractivity contribution in [3.8, 4) is 0 Å². The van der Waals surface area contributed by atoms with Crippen LogP contribution < -0.4 is 0 Å². The maximum absolute atomic E-state index is 12.5. The fourth-order valence-corrected chi connectivity index (χ4v) is 10.3. The minimum atomic E-state index is -1.33. The highest BCUT2D eigenvalue weighted by atomic mass is 32.2. The van der Waals surface area contributed by atoms with Crippen LogP contribution in [0.2, 0.25) is 0 Å². The summed E-state index contributed by atoms with van der Waals surface area (Å²) in [6.45, 7) is 13.3. The number of allylic oxidation sites excluding steroid dienone is 3. The molecule has 5 fully saturated rings. The van der Waals surface area contributed by atoms with Crippen molar-refractivity contribution in [1.29, 1.82) is 0 Å². The van der Waals surface area contributed by atoms with Crippen LogP contribution in [-0.2, 0) is 23.8 Å². The molecule has 2 saturated heterocycles. The van der Waals surface area contributed by atoms with Gasteiger partial charge >= 0.3 is 0 Å². The van der Waals surface area contributed by atoms with Crippen LogP contribution in [0.4, 0.5) is 0 Å². The molecule has 0 aromatic carbocycles. The standard InChI is InChI=1S/C32H46O6S/c1-18(25-16-31(6)28(2,3)37-32(36-25,38-31)17-26(35)39-7)21-8-9-22-27-23(11-13-30(21,22)5)29(4)12-10-20(33)14-19(29)15-24(27)34/h10,12,14,18,21-25,27,34H,8-9,11,13,15-17H2,1-7H3/t18-,21?,22?,23?,24+,25?,27?,29?,30?,31+,32-/m0/s1. The van der Waals surface area contributed by atoms with Gasteiger partial charge in [0.1, 0.15) is 5.60 Å². The van der Waals surface area contributed by atoms with Gasteiger partial charge in [-0.3, -0.25) is 9.59 Å². The first-order valence-electron chi connectivity index (χ1n) is 14.9. The van der Waals surface area contributed by atoms with Crippen molar-refractivity contribution < 1.29 is 28.9 Å². The van der Waals surface area contributed by atoms with Gasteiger partial charge in [0.2, 0.25) is 0 Å². The van der Waals surface area contributed by atoms with Crippen LogP contribution in [0.3, 0.4) is 0 Å². The Morgan fingerprint density at radius 1 is 1.13 bits per heavy atom. The van der Waals surface area contributed by atoms with Crippen molar-refractivity contribution in [2.24, 2.45) is 40.4 Å². The summed E-state index contributed by atoms with van der Waals surface area (Å²) in [5.74, 6) is 0.465. The van der Waals surface area contributed by atoms with Gasteiger partial charge in [-0.05, 0) is 106 Å². The number of hydrogen-bond acceptors (Lipinski definition) is 7. The van der Waals surface area contributed by atoms with E-state index in [1.54, 1.807) is 18.4 Å². The van der Waals surface area contributed by atoms with E-state index in [2.05, 4.69) is 33.8 Å². The van der Waals surface area contributed by atoms with E-state index in [0.29, 0.717) is 24.2 Å². The van der Waals surface area contributed by atoms with Crippen LogP contribution >= 0.6 is 11.8 Å². The zero-order valence-corrected chi connectivity index (χ0v) is 25.4. The molecule has 0 amide bonds. The molecule has 0 aromatic heterocycles. The number of thioether (sulfide) groups is 1. The molecule has 3 saturated carbocycles. The summed E-state index contributed by atoms with van der Waals surface area (Å²) >= 11 is 1.19. The minimum Gasteiger partial charge on any atom is -0.392 e. The summed E-state index contributed by atoms with van der Waals surface area (Å²) in [7, 11) is 0. The smallest absolute Gasteiger partial charge is 0.292 e. The predicted octanol–water partition coefficient (Wildman–Crippen LogP) is 5.82. The molecule has 11 atom stereocenters. The van der Waals surface area contributed by atoms with Gasteiger partial charge in [-0.25, -0.2) is 0 Å². The average Bonchev–Trinajstić information content (AvgIpc) is 3.26. The number of hydrogen-bond donors (Lipinski definition) is 1. The number of rotatable bonds is 4. The molecule has 2 aliphatic heterocycles. The van der Waals surface area contributed by atoms with Gasteiger partial charge in [-0.1, -0.05) is 44.2 Å². The number of ketones is 1. The molecule has 1 N–H and O–H groups in total. The maximum atomic E-state index is 12.5. The van der Waals surface area contributed by atoms with E-state index in [-0.39, 0.29) is 46.1 Å². The molecule has 2 bridgehead atoms. The summed E-state index contributed by atoms with van der Waals surface area (Å²) in [6, 6.07) is 0. The normalized spacial score (nSPS) is 50.6. The summed E-state index contributed by atoms with van der Waals surface area (Å²) in [4.78, 5) is 24.7. The molecular formula is C32H46O6S. The van der Waals surface area contributed by atoms with Crippen LogP contribution in [-0.4, -0.2) is 51.6 Å². The summed E-state index contributed by atoms with van der Waals surface area (Å²) in [6.07, 6.45) is 12.8. The van der Waals surface area contributed by atoms with Gasteiger partial charge < -0.3 is 19.3 Å². The van der Waals surface area contributed by atoms with Crippen LogP contribution in [0.25, 0.3) is 0 Å². The Bertz CT molecular complexity index is 1130. The zero-order chi connectivity index (χ0) is 28.2. The van der Waals surface area contributed by atoms with E-state index in [4.69, 9.17) is 14.2 Å². The molecule has 6 nitrogen and oxygen atoms in total. The van der Waals surface area contributed by atoms with Gasteiger partial charge in [-0.2, -0.15) is 0 Å². The van der Waals surface area contributed by atoms with Crippen molar-refractivity contribution >= 4 is 22.7 Å². The number of fused-ring (bicyclic) bond motifs is 7. The molecule has 0 radical (unpaired) electrons. The number of ether oxygens (including phenoxy) is 3. The first kappa shape index (κ1) is 28.1. The average molecular weight is 559 g/mol. The first-order chi connectivity index (χ1) is 18.2. The van der Waals surface area contributed by atoms with Crippen LogP contribution in [0.5, 0.6) is 0 Å². The number of aliphatic hydroxyl groups is 1. The number of aliphatic hydroxyl groups excluding tert-OH is 1. The van der Waals surface area contributed by atoms with Crippen LogP contribution in [0.1, 0.15) is 86.5 Å². The Kier molecular flexibility index (Phi) is 6.50. The minimum absolute atomic E-state index is 0.00114. The topological polar surface area (TPSA) is 82.1 Å². The first-order valence-corrected chi connectivity index (χ1v) is 16.2. The predicted molar refractivity (Wildman–Crippen MR) is 151 cm³/mol. The third-order valence-corrected chi connectivity index (χ3v) is 13.0. The Labute approximate surface area is 237 Å². The van der Waals surface area contributed by atoms with E-state index < -0.39 is 23.3 Å². The highest BCUT2D eigenvalue weighted by molar-refractivity contribution is 8.13. The summed E-state index contributed by atoms with van der Waals surface area (Å²) < 4.78 is 19.5. The second-order valence-corrected chi connectivity index (χ2v) is 15.4. The second kappa shape index (κ2) is 9.00. The van der Waals surface area contributed by atoms with E-state index in [0.717, 1.165) is 37.7 Å². The van der Waals surface area contributed by atoms with E-state index in [1.807, 2.05) is 13.8 Å². The highest BCUT2D eigenvalue weighted by Gasteiger charge is 2.68. The molecule has 6 aliphatic rings. The molecule has 39 heavy (non-hydrogen) atoms. The van der Waals surface area contributed by atoms with Gasteiger partial charge in [0.25, 0.3) is 5.97 Å². The van der Waals surface area contributed by atoms with Crippen molar-refractivity contribution in [3.63, 3.8) is 0 Å². The Morgan fingerprint density at radius 2 is 1.87 bits per heavy atom. The molecular weight excluding hydrogens is 512 g/mol. The van der Waals surface area contributed by atoms with E-state index in [9.17, 15) is 14.7 Å². The SMILES string of the molecule is CSC(=O)C[C@@]12OC([C@@H](C)C3CCC4C5C(CCC43C)C3(C)C=CC(=O)C=C3C[C@H]5O)C[C@@](C)(O1)C(C)(C)O2. The van der Waals surface area contributed by atoms with E-state index in [1.165, 1.54) is 11.8 Å². The maximum Gasteiger partial charge on any atom is 0.292 e. The van der Waals surface area contributed by atoms with Crippen molar-refractivity contribution in [2.75, 3.05) is 6.26 Å². The second-order valence-electron chi connectivity index (χ2n) is 14.6. The summed E-state index contributed by atoms with van der Waals surface area (Å²) in [5, 5.41) is 11.5. The lowest BCUT2D eigenvalue weighted by Crippen LogP contribution is -2.56. The largest absolute Gasteiger partial charge is 0.392 e. The van der Waals surface area contributed by atoms with Gasteiger partial charge in [0, 0.05) is 11.8 Å². The molecule has 216 valence electrons. The molecule has 0 spiro atoms. The third-order valence-electron chi connectivity index (χ3n) is 12.4. The molecule has 7 unspecified atom stereocenters. The van der Waals surface area contributed by atoms with Crippen molar-refractivity contribution in [2.45, 2.75) is 116 Å². The van der Waals surface area contributed by atoms with Crippen LogP contribution in [0.15, 0.2) is 23.8 Å². The van der Waals surface area contributed by atoms with Gasteiger partial charge in [0.15, 0.2) is 10.9 Å². The lowest BCUT2D eigenvalue weighted by Gasteiger charge is -2.59. The van der Waals surface area contributed by atoms with Crippen molar-refractivity contribution in [3.05, 3.63) is 23.8 Å². The quantitative estimate of drug-likeness (QED) is 0.465. The molecule has 0 aromatic rings. The number of carbonyl (C=O) groups excluding carboxylic acids is 2. The fraction of sp³-hybridized carbons (Fsp3) is 0.812. The Hall–Kier alpha value is -0.990. The van der Waals surface area contributed by atoms with Crippen LogP contribution in [0, 0.1) is 40.4 Å². The van der Waals surface area contributed by atoms with Gasteiger partial charge in [0.05, 0.1) is 24.2 Å².